The number of methoxy groups -OCH3 is 1. The summed E-state index contributed by atoms with van der Waals surface area (Å²) < 4.78 is 4.33. The van der Waals surface area contributed by atoms with Crippen LogP contribution in [-0.4, -0.2) is 29.1 Å². The van der Waals surface area contributed by atoms with Gasteiger partial charge in [-0.25, -0.2) is 0 Å². The average Bonchev–Trinajstić information content (AvgIpc) is 1.84. The first kappa shape index (κ1) is 8.91. The number of aliphatic hydroxyl groups is 1. The maximum Gasteiger partial charge on any atom is 0.322 e. The van der Waals surface area contributed by atoms with Crippen molar-refractivity contribution in [3.05, 3.63) is 0 Å². The van der Waals surface area contributed by atoms with Crippen LogP contribution >= 0.6 is 15.9 Å². The third kappa shape index (κ3) is 2.81. The van der Waals surface area contributed by atoms with Crippen molar-refractivity contribution in [3.63, 3.8) is 0 Å². The first-order valence-corrected chi connectivity index (χ1v) is 3.41. The minimum Gasteiger partial charge on any atom is -0.468 e. The van der Waals surface area contributed by atoms with E-state index in [2.05, 4.69) is 20.7 Å². The van der Waals surface area contributed by atoms with Crippen LogP contribution in [0.4, 0.5) is 0 Å². The van der Waals surface area contributed by atoms with Gasteiger partial charge in [0.15, 0.2) is 0 Å². The normalized spacial score (nSPS) is 16.4. The van der Waals surface area contributed by atoms with Crippen molar-refractivity contribution in [2.45, 2.75) is 17.9 Å². The Hall–Kier alpha value is -0.0900. The summed E-state index contributed by atoms with van der Waals surface area (Å²) >= 11 is 2.94. The van der Waals surface area contributed by atoms with Crippen molar-refractivity contribution >= 4 is 21.9 Å². The molecule has 0 radical (unpaired) electrons. The van der Waals surface area contributed by atoms with E-state index in [4.69, 9.17) is 5.11 Å². The van der Waals surface area contributed by atoms with Gasteiger partial charge in [-0.1, -0.05) is 15.9 Å². The number of hydrogen-bond acceptors (Lipinski definition) is 3. The summed E-state index contributed by atoms with van der Waals surface area (Å²) in [6.45, 7) is 1.51. The Labute approximate surface area is 62.1 Å². The smallest absolute Gasteiger partial charge is 0.322 e. The standard InChI is InChI=1S/C5H9BrO3/c1-3(7)4(6)5(8)9-2/h3-4,7H,1-2H3/t3-,4-/m1/s1. The summed E-state index contributed by atoms with van der Waals surface area (Å²) in [5, 5.41) is 8.77. The molecule has 3 nitrogen and oxygen atoms in total. The number of esters is 1. The molecule has 0 unspecified atom stereocenters. The molecule has 54 valence electrons. The van der Waals surface area contributed by atoms with Gasteiger partial charge in [-0.15, -0.1) is 0 Å². The monoisotopic (exact) mass is 196 g/mol. The summed E-state index contributed by atoms with van der Waals surface area (Å²) in [7, 11) is 1.28. The minimum atomic E-state index is -0.711. The molecule has 1 N–H and O–H groups in total. The van der Waals surface area contributed by atoms with E-state index in [1.54, 1.807) is 0 Å². The van der Waals surface area contributed by atoms with Gasteiger partial charge in [0, 0.05) is 0 Å². The van der Waals surface area contributed by atoms with Gasteiger partial charge in [0.1, 0.15) is 4.83 Å². The summed E-state index contributed by atoms with van der Waals surface area (Å²) in [4.78, 5) is 9.92. The van der Waals surface area contributed by atoms with Crippen LogP contribution < -0.4 is 0 Å². The van der Waals surface area contributed by atoms with Crippen molar-refractivity contribution in [1.29, 1.82) is 0 Å². The van der Waals surface area contributed by atoms with Crippen molar-refractivity contribution < 1.29 is 14.6 Å². The molecule has 0 fully saturated rings. The molecule has 9 heavy (non-hydrogen) atoms. The highest BCUT2D eigenvalue weighted by Gasteiger charge is 2.19. The molecule has 0 spiro atoms. The van der Waals surface area contributed by atoms with E-state index in [0.29, 0.717) is 0 Å². The van der Waals surface area contributed by atoms with E-state index in [1.165, 1.54) is 14.0 Å². The Bertz CT molecular complexity index is 102. The third-order valence-corrected chi connectivity index (χ3v) is 1.99. The van der Waals surface area contributed by atoms with Gasteiger partial charge in [-0.2, -0.15) is 0 Å². The number of carbonyl (C=O) groups excluding carboxylic acids is 1. The SMILES string of the molecule is COC(=O)[C@H](Br)[C@@H](C)O. The van der Waals surface area contributed by atoms with Gasteiger partial charge in [-0.3, -0.25) is 4.79 Å². The lowest BCUT2D eigenvalue weighted by Crippen LogP contribution is -2.26. The molecule has 2 atom stereocenters. The molecule has 4 heteroatoms. The largest absolute Gasteiger partial charge is 0.468 e. The molecule has 0 aliphatic rings. The molecule has 0 saturated heterocycles. The second-order valence-corrected chi connectivity index (χ2v) is 2.65. The van der Waals surface area contributed by atoms with Crippen LogP contribution in [0.2, 0.25) is 0 Å². The van der Waals surface area contributed by atoms with Crippen LogP contribution in [0, 0.1) is 0 Å². The molecule has 0 heterocycles. The van der Waals surface area contributed by atoms with E-state index in [1.807, 2.05) is 0 Å². The Balaban J connectivity index is 3.72. The van der Waals surface area contributed by atoms with Gasteiger partial charge < -0.3 is 9.84 Å². The summed E-state index contributed by atoms with van der Waals surface area (Å²) in [5.74, 6) is -0.454. The topological polar surface area (TPSA) is 46.5 Å². The minimum absolute atomic E-state index is 0.454. The molecule has 0 aliphatic carbocycles. The fourth-order valence-corrected chi connectivity index (χ4v) is 0.496. The second-order valence-electron chi connectivity index (χ2n) is 1.67. The number of carbonyl (C=O) groups is 1. The third-order valence-electron chi connectivity index (χ3n) is 0.850. The van der Waals surface area contributed by atoms with Crippen molar-refractivity contribution in [1.82, 2.24) is 0 Å². The molecule has 0 aromatic carbocycles. The van der Waals surface area contributed by atoms with Gasteiger partial charge in [0.05, 0.1) is 13.2 Å². The number of ether oxygens (including phenoxy) is 1. The zero-order valence-corrected chi connectivity index (χ0v) is 6.88. The lowest BCUT2D eigenvalue weighted by atomic mass is 10.3. The zero-order valence-electron chi connectivity index (χ0n) is 5.30. The number of alkyl halides is 1. The zero-order chi connectivity index (χ0) is 7.44. The quantitative estimate of drug-likeness (QED) is 0.511. The van der Waals surface area contributed by atoms with Gasteiger partial charge in [0.2, 0.25) is 0 Å². The highest BCUT2D eigenvalue weighted by molar-refractivity contribution is 9.10. The van der Waals surface area contributed by atoms with Gasteiger partial charge in [-0.05, 0) is 6.92 Å². The summed E-state index contributed by atoms with van der Waals surface area (Å²) in [5.41, 5.74) is 0. The maximum atomic E-state index is 10.5. The number of hydrogen-bond donors (Lipinski definition) is 1. The van der Waals surface area contributed by atoms with E-state index in [0.717, 1.165) is 0 Å². The summed E-state index contributed by atoms with van der Waals surface area (Å²) in [6.07, 6.45) is -0.711. The molecular formula is C5H9BrO3. The molecule has 0 aromatic heterocycles. The van der Waals surface area contributed by atoms with E-state index in [9.17, 15) is 4.79 Å². The Kier molecular flexibility index (Phi) is 3.81. The second kappa shape index (κ2) is 3.85. The lowest BCUT2D eigenvalue weighted by molar-refractivity contribution is -0.141. The van der Waals surface area contributed by atoms with Crippen LogP contribution in [0.15, 0.2) is 0 Å². The van der Waals surface area contributed by atoms with Crippen molar-refractivity contribution in [2.75, 3.05) is 7.11 Å². The predicted octanol–water partition coefficient (Wildman–Crippen LogP) is 0.304. The summed E-state index contributed by atoms with van der Waals surface area (Å²) in [6, 6.07) is 0. The number of rotatable bonds is 2. The fourth-order valence-electron chi connectivity index (χ4n) is 0.310. The lowest BCUT2D eigenvalue weighted by Gasteiger charge is -2.08. The average molecular weight is 197 g/mol. The number of halogens is 1. The molecule has 0 bridgehead atoms. The fraction of sp³-hybridized carbons (Fsp3) is 0.800. The van der Waals surface area contributed by atoms with Gasteiger partial charge >= 0.3 is 5.97 Å². The molecule has 0 rings (SSSR count). The van der Waals surface area contributed by atoms with E-state index in [-0.39, 0.29) is 0 Å². The molecule has 0 aromatic rings. The highest BCUT2D eigenvalue weighted by Crippen LogP contribution is 2.06. The van der Waals surface area contributed by atoms with Crippen LogP contribution in [0.5, 0.6) is 0 Å². The van der Waals surface area contributed by atoms with Crippen LogP contribution in [0.1, 0.15) is 6.92 Å². The van der Waals surface area contributed by atoms with E-state index < -0.39 is 16.9 Å². The van der Waals surface area contributed by atoms with E-state index >= 15 is 0 Å². The van der Waals surface area contributed by atoms with Gasteiger partial charge in [0.25, 0.3) is 0 Å². The van der Waals surface area contributed by atoms with Crippen LogP contribution in [0.3, 0.4) is 0 Å². The van der Waals surface area contributed by atoms with Crippen molar-refractivity contribution in [3.8, 4) is 0 Å². The molecule has 0 saturated carbocycles. The Morgan fingerprint density at radius 3 is 2.33 bits per heavy atom. The Morgan fingerprint density at radius 2 is 2.22 bits per heavy atom. The first-order valence-electron chi connectivity index (χ1n) is 2.49. The predicted molar refractivity (Wildman–Crippen MR) is 36.4 cm³/mol. The number of aliphatic hydroxyl groups excluding tert-OH is 1. The van der Waals surface area contributed by atoms with Crippen molar-refractivity contribution in [2.24, 2.45) is 0 Å². The first-order chi connectivity index (χ1) is 4.09. The van der Waals surface area contributed by atoms with Crippen LogP contribution in [-0.2, 0) is 9.53 Å². The van der Waals surface area contributed by atoms with Crippen LogP contribution in [0.25, 0.3) is 0 Å². The molecule has 0 aliphatic heterocycles. The highest BCUT2D eigenvalue weighted by atomic mass is 79.9. The molecular weight excluding hydrogens is 188 g/mol. The maximum absolute atomic E-state index is 10.5. The molecule has 0 amide bonds. The Morgan fingerprint density at radius 1 is 1.78 bits per heavy atom.